The van der Waals surface area contributed by atoms with Gasteiger partial charge < -0.3 is 15.5 Å². The van der Waals surface area contributed by atoms with Crippen LogP contribution in [0, 0.1) is 6.92 Å². The predicted molar refractivity (Wildman–Crippen MR) is 91.9 cm³/mol. The zero-order chi connectivity index (χ0) is 17.2. The molecule has 2 atom stereocenters. The smallest absolute Gasteiger partial charge is 0.270 e. The van der Waals surface area contributed by atoms with E-state index in [4.69, 9.17) is 0 Å². The molecule has 1 amide bonds. The van der Waals surface area contributed by atoms with E-state index >= 15 is 0 Å². The average molecular weight is 347 g/mol. The molecule has 1 aromatic heterocycles. The van der Waals surface area contributed by atoms with Gasteiger partial charge in [-0.25, -0.2) is 4.98 Å². The van der Waals surface area contributed by atoms with Gasteiger partial charge in [0.05, 0.1) is 18.2 Å². The summed E-state index contributed by atoms with van der Waals surface area (Å²) in [5.41, 5.74) is 2.87. The summed E-state index contributed by atoms with van der Waals surface area (Å²) in [7, 11) is 0. The number of rotatable bonds is 5. The van der Waals surface area contributed by atoms with Crippen molar-refractivity contribution >= 4 is 17.2 Å². The lowest BCUT2D eigenvalue weighted by atomic mass is 10.0. The number of aryl methyl sites for hydroxylation is 1. The van der Waals surface area contributed by atoms with Gasteiger partial charge in [-0.1, -0.05) is 29.8 Å². The summed E-state index contributed by atoms with van der Waals surface area (Å²) < 4.78 is 0. The maximum Gasteiger partial charge on any atom is 0.270 e. The second kappa shape index (κ2) is 6.98. The van der Waals surface area contributed by atoms with Crippen LogP contribution < -0.4 is 5.32 Å². The molecular weight excluding hydrogens is 326 g/mol. The van der Waals surface area contributed by atoms with Gasteiger partial charge in [-0.05, 0) is 12.5 Å². The molecule has 1 aliphatic heterocycles. The molecule has 2 aromatic rings. The first-order valence-electron chi connectivity index (χ1n) is 7.81. The largest absolute Gasteiger partial charge is 0.389 e. The quantitative estimate of drug-likeness (QED) is 0.745. The number of aliphatic hydroxyl groups is 2. The molecule has 0 radical (unpaired) electrons. The number of thiazole rings is 1. The number of aromatic nitrogens is 1. The van der Waals surface area contributed by atoms with Gasteiger partial charge >= 0.3 is 0 Å². The number of likely N-dealkylation sites (tertiary alicyclic amines) is 1. The second-order valence-electron chi connectivity index (χ2n) is 6.33. The molecule has 0 spiro atoms. The highest BCUT2D eigenvalue weighted by Crippen LogP contribution is 2.23. The Kier molecular flexibility index (Phi) is 4.96. The lowest BCUT2D eigenvalue weighted by molar-refractivity contribution is -0.0377. The molecule has 2 heterocycles. The summed E-state index contributed by atoms with van der Waals surface area (Å²) >= 11 is 1.34. The van der Waals surface area contributed by atoms with Crippen LogP contribution in [0.3, 0.4) is 0 Å². The first-order valence-corrected chi connectivity index (χ1v) is 8.75. The van der Waals surface area contributed by atoms with Crippen molar-refractivity contribution in [3.05, 3.63) is 52.0 Å². The normalized spacial score (nSPS) is 24.2. The average Bonchev–Trinajstić information content (AvgIpc) is 3.15. The highest BCUT2D eigenvalue weighted by molar-refractivity contribution is 7.07. The Balaban J connectivity index is 1.58. The number of carbonyl (C=O) groups is 1. The first kappa shape index (κ1) is 17.0. The molecule has 6 nitrogen and oxygen atoms in total. The van der Waals surface area contributed by atoms with Crippen LogP contribution in [-0.4, -0.2) is 57.3 Å². The van der Waals surface area contributed by atoms with E-state index in [2.05, 4.69) is 16.4 Å². The number of nitrogens with zero attached hydrogens (tertiary/aromatic N) is 2. The summed E-state index contributed by atoms with van der Waals surface area (Å²) in [5, 5.41) is 25.2. The van der Waals surface area contributed by atoms with Crippen molar-refractivity contribution in [1.82, 2.24) is 15.2 Å². The van der Waals surface area contributed by atoms with Crippen molar-refractivity contribution in [2.75, 3.05) is 19.6 Å². The van der Waals surface area contributed by atoms with E-state index in [0.29, 0.717) is 25.3 Å². The van der Waals surface area contributed by atoms with Gasteiger partial charge in [-0.15, -0.1) is 11.3 Å². The molecule has 0 aliphatic carbocycles. The van der Waals surface area contributed by atoms with Crippen LogP contribution in [0.2, 0.25) is 0 Å². The van der Waals surface area contributed by atoms with E-state index in [1.54, 1.807) is 10.9 Å². The number of β-amino-alcohol motifs (C(OH)–C–C–N with tert-alkyl or cyclic N) is 2. The van der Waals surface area contributed by atoms with Crippen molar-refractivity contribution < 1.29 is 15.0 Å². The van der Waals surface area contributed by atoms with Crippen LogP contribution in [0.4, 0.5) is 0 Å². The lowest BCUT2D eigenvalue weighted by Gasteiger charge is -2.26. The van der Waals surface area contributed by atoms with Crippen molar-refractivity contribution in [1.29, 1.82) is 0 Å². The van der Waals surface area contributed by atoms with E-state index in [1.165, 1.54) is 16.9 Å². The molecule has 0 saturated carbocycles. The molecule has 7 heteroatoms. The molecule has 1 aromatic carbocycles. The molecule has 1 fully saturated rings. The Bertz CT molecular complexity index is 707. The Morgan fingerprint density at radius 3 is 3.08 bits per heavy atom. The van der Waals surface area contributed by atoms with Gasteiger partial charge in [0.1, 0.15) is 11.3 Å². The van der Waals surface area contributed by atoms with Crippen LogP contribution in [0.1, 0.15) is 21.6 Å². The highest BCUT2D eigenvalue weighted by Gasteiger charge is 2.44. The maximum absolute atomic E-state index is 11.9. The Hall–Kier alpha value is -1.80. The molecule has 1 saturated heterocycles. The van der Waals surface area contributed by atoms with E-state index in [-0.39, 0.29) is 12.5 Å². The van der Waals surface area contributed by atoms with Crippen LogP contribution >= 0.6 is 11.3 Å². The monoisotopic (exact) mass is 347 g/mol. The van der Waals surface area contributed by atoms with E-state index in [0.717, 1.165) is 5.56 Å². The number of hydrogen-bond donors (Lipinski definition) is 3. The number of amides is 1. The van der Waals surface area contributed by atoms with E-state index < -0.39 is 11.7 Å². The summed E-state index contributed by atoms with van der Waals surface area (Å²) in [5.74, 6) is -0.339. The van der Waals surface area contributed by atoms with Crippen molar-refractivity contribution in [3.8, 4) is 0 Å². The Morgan fingerprint density at radius 2 is 2.38 bits per heavy atom. The number of benzene rings is 1. The van der Waals surface area contributed by atoms with Crippen molar-refractivity contribution in [2.24, 2.45) is 0 Å². The molecule has 0 bridgehead atoms. The van der Waals surface area contributed by atoms with Crippen molar-refractivity contribution in [3.63, 3.8) is 0 Å². The number of aliphatic hydroxyl groups excluding tert-OH is 1. The molecule has 3 N–H and O–H groups in total. The number of hydrogen-bond acceptors (Lipinski definition) is 6. The molecule has 128 valence electrons. The van der Waals surface area contributed by atoms with E-state index in [9.17, 15) is 15.0 Å². The van der Waals surface area contributed by atoms with Crippen molar-refractivity contribution in [2.45, 2.75) is 25.2 Å². The minimum atomic E-state index is -1.35. The van der Waals surface area contributed by atoms with Gasteiger partial charge in [0.15, 0.2) is 0 Å². The highest BCUT2D eigenvalue weighted by atomic mass is 32.1. The third-order valence-corrected chi connectivity index (χ3v) is 4.84. The third-order valence-electron chi connectivity index (χ3n) is 4.26. The fourth-order valence-corrected chi connectivity index (χ4v) is 3.52. The minimum Gasteiger partial charge on any atom is -0.389 e. The molecule has 3 rings (SSSR count). The zero-order valence-corrected chi connectivity index (χ0v) is 14.3. The summed E-state index contributed by atoms with van der Waals surface area (Å²) in [4.78, 5) is 17.9. The van der Waals surface area contributed by atoms with Gasteiger partial charge in [0, 0.05) is 25.0 Å². The SMILES string of the molecule is Cc1cccc(CN2C[C@@H](O)[C@](O)(CNC(=O)c3cscn3)C2)c1. The molecule has 24 heavy (non-hydrogen) atoms. The lowest BCUT2D eigenvalue weighted by Crippen LogP contribution is -2.51. The zero-order valence-electron chi connectivity index (χ0n) is 13.5. The van der Waals surface area contributed by atoms with Gasteiger partial charge in [-0.3, -0.25) is 9.69 Å². The minimum absolute atomic E-state index is 0.00511. The molecule has 0 unspecified atom stereocenters. The summed E-state index contributed by atoms with van der Waals surface area (Å²) in [6.07, 6.45) is -0.905. The van der Waals surface area contributed by atoms with Crippen LogP contribution in [0.15, 0.2) is 35.2 Å². The van der Waals surface area contributed by atoms with Crippen LogP contribution in [0.25, 0.3) is 0 Å². The summed E-state index contributed by atoms with van der Waals surface area (Å²) in [6.45, 7) is 3.36. The second-order valence-corrected chi connectivity index (χ2v) is 7.05. The van der Waals surface area contributed by atoms with Gasteiger partial charge in [0.25, 0.3) is 5.91 Å². The van der Waals surface area contributed by atoms with Gasteiger partial charge in [0.2, 0.25) is 0 Å². The first-order chi connectivity index (χ1) is 11.5. The predicted octanol–water partition coefficient (Wildman–Crippen LogP) is 0.789. The standard InChI is InChI=1S/C17H21N3O3S/c1-12-3-2-4-13(5-12)6-20-7-15(21)17(23,10-20)9-18-16(22)14-8-24-11-19-14/h2-5,8,11,15,21,23H,6-7,9-10H2,1H3,(H,18,22)/t15-,17+/m1/s1. The van der Waals surface area contributed by atoms with Crippen LogP contribution in [0.5, 0.6) is 0 Å². The van der Waals surface area contributed by atoms with E-state index in [1.807, 2.05) is 30.0 Å². The third kappa shape index (κ3) is 3.81. The number of nitrogens with one attached hydrogen (secondary N) is 1. The Morgan fingerprint density at radius 1 is 1.54 bits per heavy atom. The fraction of sp³-hybridized carbons (Fsp3) is 0.412. The number of carbonyl (C=O) groups excluding carboxylic acids is 1. The molecular formula is C17H21N3O3S. The maximum atomic E-state index is 11.9. The fourth-order valence-electron chi connectivity index (χ4n) is 2.98. The molecule has 1 aliphatic rings. The topological polar surface area (TPSA) is 85.7 Å². The summed E-state index contributed by atoms with van der Waals surface area (Å²) in [6, 6.07) is 8.15. The van der Waals surface area contributed by atoms with Crippen LogP contribution in [-0.2, 0) is 6.54 Å². The Labute approximate surface area is 144 Å². The van der Waals surface area contributed by atoms with Gasteiger partial charge in [-0.2, -0.15) is 0 Å².